The van der Waals surface area contributed by atoms with Crippen molar-refractivity contribution in [2.24, 2.45) is 0 Å². The molecule has 0 spiro atoms. The van der Waals surface area contributed by atoms with Crippen LogP contribution < -0.4 is 10.6 Å². The lowest BCUT2D eigenvalue weighted by atomic mass is 10.1. The Morgan fingerprint density at radius 3 is 3.10 bits per heavy atom. The van der Waals surface area contributed by atoms with Gasteiger partial charge >= 0.3 is 0 Å². The molecule has 2 aromatic rings. The molecule has 0 saturated carbocycles. The molecule has 1 aromatic carbocycles. The Kier molecular flexibility index (Phi) is 3.55. The second-order valence-corrected chi connectivity index (χ2v) is 5.12. The van der Waals surface area contributed by atoms with Crippen LogP contribution in [0.1, 0.15) is 30.1 Å². The van der Waals surface area contributed by atoms with E-state index in [0.717, 1.165) is 12.1 Å². The fourth-order valence-corrected chi connectivity index (χ4v) is 2.47. The summed E-state index contributed by atoms with van der Waals surface area (Å²) in [6.45, 7) is 3.22. The zero-order valence-corrected chi connectivity index (χ0v) is 11.8. The normalized spacial score (nSPS) is 18.5. The zero-order chi connectivity index (χ0) is 14.8. The molecule has 0 aliphatic carbocycles. The van der Waals surface area contributed by atoms with Crippen LogP contribution in [-0.2, 0) is 11.3 Å². The highest BCUT2D eigenvalue weighted by atomic mass is 16.2. The summed E-state index contributed by atoms with van der Waals surface area (Å²) in [5.74, 6) is -0.109. The number of piperidine rings is 1. The lowest BCUT2D eigenvalue weighted by Crippen LogP contribution is -2.47. The zero-order valence-electron chi connectivity index (χ0n) is 11.8. The number of aryl methyl sites for hydroxylation is 1. The van der Waals surface area contributed by atoms with Crippen LogP contribution in [0.3, 0.4) is 0 Å². The first kappa shape index (κ1) is 13.5. The number of nitrogens with one attached hydrogen (secondary N) is 2. The van der Waals surface area contributed by atoms with Gasteiger partial charge in [0.25, 0.3) is 5.91 Å². The lowest BCUT2D eigenvalue weighted by molar-refractivity contribution is -0.122. The summed E-state index contributed by atoms with van der Waals surface area (Å²) in [5, 5.41) is 13.8. The van der Waals surface area contributed by atoms with Crippen molar-refractivity contribution in [2.45, 2.75) is 32.4 Å². The molecule has 2 heterocycles. The van der Waals surface area contributed by atoms with E-state index >= 15 is 0 Å². The van der Waals surface area contributed by atoms with Crippen LogP contribution in [0.5, 0.6) is 0 Å². The third-order valence-electron chi connectivity index (χ3n) is 3.68. The maximum absolute atomic E-state index is 12.2. The van der Waals surface area contributed by atoms with E-state index in [0.29, 0.717) is 30.5 Å². The van der Waals surface area contributed by atoms with Gasteiger partial charge in [0, 0.05) is 31.1 Å². The Morgan fingerprint density at radius 1 is 1.52 bits per heavy atom. The third kappa shape index (κ3) is 2.72. The number of fused-ring (bicyclic) bond motifs is 1. The SMILES string of the molecule is CCn1nnc2cc(C(=O)NC3CCC(=O)NC3)ccc21. The van der Waals surface area contributed by atoms with Crippen LogP contribution in [-0.4, -0.2) is 39.4 Å². The van der Waals surface area contributed by atoms with Crippen molar-refractivity contribution in [3.8, 4) is 0 Å². The Balaban J connectivity index is 1.74. The topological polar surface area (TPSA) is 88.9 Å². The van der Waals surface area contributed by atoms with Gasteiger partial charge in [-0.25, -0.2) is 4.68 Å². The van der Waals surface area contributed by atoms with Crippen LogP contribution in [0.25, 0.3) is 11.0 Å². The molecule has 1 aliphatic heterocycles. The van der Waals surface area contributed by atoms with Gasteiger partial charge in [0.2, 0.25) is 5.91 Å². The Hall–Kier alpha value is -2.44. The van der Waals surface area contributed by atoms with E-state index < -0.39 is 0 Å². The molecular formula is C14H17N5O2. The number of aromatic nitrogens is 3. The molecule has 7 heteroatoms. The number of hydrogen-bond donors (Lipinski definition) is 2. The number of amides is 2. The number of rotatable bonds is 3. The molecule has 1 aliphatic rings. The van der Waals surface area contributed by atoms with Gasteiger partial charge in [-0.2, -0.15) is 0 Å². The molecule has 0 bridgehead atoms. The molecule has 110 valence electrons. The summed E-state index contributed by atoms with van der Waals surface area (Å²) < 4.78 is 1.79. The molecule has 1 atom stereocenters. The minimum Gasteiger partial charge on any atom is -0.354 e. The van der Waals surface area contributed by atoms with E-state index in [1.165, 1.54) is 0 Å². The first-order chi connectivity index (χ1) is 10.2. The second-order valence-electron chi connectivity index (χ2n) is 5.12. The largest absolute Gasteiger partial charge is 0.354 e. The average Bonchev–Trinajstić information content (AvgIpc) is 2.91. The van der Waals surface area contributed by atoms with E-state index in [4.69, 9.17) is 0 Å². The Morgan fingerprint density at radius 2 is 2.38 bits per heavy atom. The van der Waals surface area contributed by atoms with E-state index in [1.54, 1.807) is 16.8 Å². The maximum atomic E-state index is 12.2. The highest BCUT2D eigenvalue weighted by molar-refractivity contribution is 5.97. The summed E-state index contributed by atoms with van der Waals surface area (Å²) in [6, 6.07) is 5.35. The van der Waals surface area contributed by atoms with Crippen molar-refractivity contribution >= 4 is 22.8 Å². The molecular weight excluding hydrogens is 270 g/mol. The van der Waals surface area contributed by atoms with Crippen LogP contribution >= 0.6 is 0 Å². The number of carbonyl (C=O) groups is 2. The van der Waals surface area contributed by atoms with Gasteiger partial charge in [-0.3, -0.25) is 9.59 Å². The van der Waals surface area contributed by atoms with Gasteiger partial charge in [0.1, 0.15) is 5.52 Å². The van der Waals surface area contributed by atoms with Crippen molar-refractivity contribution in [2.75, 3.05) is 6.54 Å². The van der Waals surface area contributed by atoms with Gasteiger partial charge in [0.05, 0.1) is 5.52 Å². The molecule has 2 amide bonds. The van der Waals surface area contributed by atoms with Gasteiger partial charge in [-0.1, -0.05) is 5.21 Å². The van der Waals surface area contributed by atoms with E-state index in [1.807, 2.05) is 13.0 Å². The molecule has 1 aromatic heterocycles. The van der Waals surface area contributed by atoms with Crippen molar-refractivity contribution < 1.29 is 9.59 Å². The monoisotopic (exact) mass is 287 g/mol. The Bertz CT molecular complexity index is 684. The molecule has 3 rings (SSSR count). The minimum atomic E-state index is -0.149. The molecule has 1 saturated heterocycles. The third-order valence-corrected chi connectivity index (χ3v) is 3.68. The van der Waals surface area contributed by atoms with Crippen LogP contribution in [0.4, 0.5) is 0 Å². The van der Waals surface area contributed by atoms with Crippen molar-refractivity contribution in [3.05, 3.63) is 23.8 Å². The maximum Gasteiger partial charge on any atom is 0.251 e. The minimum absolute atomic E-state index is 0.0165. The number of carbonyl (C=O) groups excluding carboxylic acids is 2. The highest BCUT2D eigenvalue weighted by Gasteiger charge is 2.20. The van der Waals surface area contributed by atoms with Gasteiger partial charge in [0.15, 0.2) is 0 Å². The molecule has 0 radical (unpaired) electrons. The number of benzene rings is 1. The van der Waals surface area contributed by atoms with Crippen LogP contribution in [0.15, 0.2) is 18.2 Å². The van der Waals surface area contributed by atoms with Crippen LogP contribution in [0.2, 0.25) is 0 Å². The van der Waals surface area contributed by atoms with Crippen molar-refractivity contribution in [1.82, 2.24) is 25.6 Å². The van der Waals surface area contributed by atoms with Crippen LogP contribution in [0, 0.1) is 0 Å². The Labute approximate surface area is 121 Å². The predicted octanol–water partition coefficient (Wildman–Crippen LogP) is 0.460. The quantitative estimate of drug-likeness (QED) is 0.858. The average molecular weight is 287 g/mol. The summed E-state index contributed by atoms with van der Waals surface area (Å²) in [7, 11) is 0. The standard InChI is InChI=1S/C14H17N5O2/c1-2-19-12-5-3-9(7-11(12)17-18-19)14(21)16-10-4-6-13(20)15-8-10/h3,5,7,10H,2,4,6,8H2,1H3,(H,15,20)(H,16,21). The predicted molar refractivity (Wildman–Crippen MR) is 76.7 cm³/mol. The fourth-order valence-electron chi connectivity index (χ4n) is 2.47. The molecule has 2 N–H and O–H groups in total. The molecule has 7 nitrogen and oxygen atoms in total. The van der Waals surface area contributed by atoms with Crippen molar-refractivity contribution in [1.29, 1.82) is 0 Å². The fraction of sp³-hybridized carbons (Fsp3) is 0.429. The molecule has 1 fully saturated rings. The van der Waals surface area contributed by atoms with Gasteiger partial charge in [-0.15, -0.1) is 5.10 Å². The smallest absolute Gasteiger partial charge is 0.251 e. The highest BCUT2D eigenvalue weighted by Crippen LogP contribution is 2.14. The van der Waals surface area contributed by atoms with E-state index in [9.17, 15) is 9.59 Å². The lowest BCUT2D eigenvalue weighted by Gasteiger charge is -2.23. The molecule has 21 heavy (non-hydrogen) atoms. The van der Waals surface area contributed by atoms with Gasteiger partial charge < -0.3 is 10.6 Å². The first-order valence-electron chi connectivity index (χ1n) is 7.08. The van der Waals surface area contributed by atoms with Gasteiger partial charge in [-0.05, 0) is 31.5 Å². The summed E-state index contributed by atoms with van der Waals surface area (Å²) >= 11 is 0. The summed E-state index contributed by atoms with van der Waals surface area (Å²) in [4.78, 5) is 23.3. The summed E-state index contributed by atoms with van der Waals surface area (Å²) in [5.41, 5.74) is 2.18. The second kappa shape index (κ2) is 5.51. The van der Waals surface area contributed by atoms with Crippen molar-refractivity contribution in [3.63, 3.8) is 0 Å². The molecule has 1 unspecified atom stereocenters. The number of nitrogens with zero attached hydrogens (tertiary/aromatic N) is 3. The first-order valence-corrected chi connectivity index (χ1v) is 7.08. The van der Waals surface area contributed by atoms with E-state index in [2.05, 4.69) is 20.9 Å². The summed E-state index contributed by atoms with van der Waals surface area (Å²) in [6.07, 6.45) is 1.13. The number of hydrogen-bond acceptors (Lipinski definition) is 4. The van der Waals surface area contributed by atoms with E-state index in [-0.39, 0.29) is 17.9 Å².